The maximum atomic E-state index is 14.2. The van der Waals surface area contributed by atoms with Crippen LogP contribution in [0, 0.1) is 11.8 Å². The van der Waals surface area contributed by atoms with Crippen molar-refractivity contribution in [2.45, 2.75) is 164 Å². The Bertz CT molecular complexity index is 2620. The molecule has 0 aromatic heterocycles. The minimum absolute atomic E-state index is 0.161. The normalized spacial score (nSPS) is 23.6. The summed E-state index contributed by atoms with van der Waals surface area (Å²) in [4.78, 5) is 139. The molecule has 84 heavy (non-hydrogen) atoms. The number of unbranched alkanes of at least 4 members (excludes halogenated alkanes) is 2. The highest BCUT2D eigenvalue weighted by atomic mass is 16.3. The Balaban J connectivity index is 0.854. The second-order valence-corrected chi connectivity index (χ2v) is 22.5. The molecule has 24 nitrogen and oxygen atoms in total. The van der Waals surface area contributed by atoms with Gasteiger partial charge >= 0.3 is 0 Å². The number of carbonyl (C=O) groups excluding carboxylic acids is 8. The van der Waals surface area contributed by atoms with Crippen LogP contribution in [0.3, 0.4) is 0 Å². The Kier molecular flexibility index (Phi) is 23.7. The van der Waals surface area contributed by atoms with Crippen LogP contribution < -0.4 is 64.0 Å². The molecule has 458 valence electrons. The second kappa shape index (κ2) is 31.0. The van der Waals surface area contributed by atoms with E-state index in [1.54, 1.807) is 74.8 Å². The minimum atomic E-state index is -1.09. The van der Waals surface area contributed by atoms with Crippen molar-refractivity contribution in [3.05, 3.63) is 92.2 Å². The molecule has 4 fully saturated rings. The smallest absolute Gasteiger partial charge is 0.253 e. The quantitative estimate of drug-likeness (QED) is 0.0311. The lowest BCUT2D eigenvalue weighted by Gasteiger charge is -2.33. The zero-order chi connectivity index (χ0) is 60.5. The van der Waals surface area contributed by atoms with Crippen molar-refractivity contribution < 1.29 is 48.6 Å². The fourth-order valence-electron chi connectivity index (χ4n) is 12.3. The van der Waals surface area contributed by atoms with Gasteiger partial charge in [0.05, 0.1) is 12.1 Å². The molecule has 8 amide bonds. The highest BCUT2D eigenvalue weighted by Crippen LogP contribution is 2.36. The largest absolute Gasteiger partial charge is 0.396 e. The van der Waals surface area contributed by atoms with Gasteiger partial charge in [-0.3, -0.25) is 47.9 Å². The van der Waals surface area contributed by atoms with E-state index in [0.717, 1.165) is 0 Å². The lowest BCUT2D eigenvalue weighted by Crippen LogP contribution is -2.59. The highest BCUT2D eigenvalue weighted by molar-refractivity contribution is 5.97. The predicted molar refractivity (Wildman–Crippen MR) is 315 cm³/mol. The predicted octanol–water partition coefficient (Wildman–Crippen LogP) is 0.104. The number of aliphatic hydroxyl groups is 2. The maximum absolute atomic E-state index is 14.2. The Morgan fingerprint density at radius 3 is 1.20 bits per heavy atom. The number of aliphatic hydroxyl groups excluding tert-OH is 2. The molecule has 0 bridgehead atoms. The molecule has 0 aliphatic carbocycles. The van der Waals surface area contributed by atoms with Crippen LogP contribution in [0.1, 0.15) is 127 Å². The van der Waals surface area contributed by atoms with Crippen molar-refractivity contribution in [2.75, 3.05) is 64.1 Å². The highest BCUT2D eigenvalue weighted by Gasteiger charge is 2.50. The summed E-state index contributed by atoms with van der Waals surface area (Å²) in [6.45, 7) is 4.14. The fraction of sp³-hybridized carbons (Fsp3) is 0.600. The number of anilines is 2. The molecular weight excluding hydrogens is 1080 g/mol. The van der Waals surface area contributed by atoms with Gasteiger partial charge in [-0.05, 0) is 115 Å². The lowest BCUT2D eigenvalue weighted by atomic mass is 9.93. The number of rotatable bonds is 30. The van der Waals surface area contributed by atoms with E-state index in [0.29, 0.717) is 114 Å². The zero-order valence-corrected chi connectivity index (χ0v) is 48.7. The van der Waals surface area contributed by atoms with Crippen molar-refractivity contribution in [1.82, 2.24) is 52.3 Å². The lowest BCUT2D eigenvalue weighted by molar-refractivity contribution is -0.144. The van der Waals surface area contributed by atoms with E-state index in [4.69, 9.17) is 0 Å². The van der Waals surface area contributed by atoms with E-state index in [2.05, 4.69) is 53.2 Å². The molecular formula is C60H86N12O12. The third-order valence-electron chi connectivity index (χ3n) is 17.2. The van der Waals surface area contributed by atoms with Crippen LogP contribution in [0.4, 0.5) is 11.4 Å². The van der Waals surface area contributed by atoms with Gasteiger partial charge in [-0.15, -0.1) is 0 Å². The van der Waals surface area contributed by atoms with Gasteiger partial charge in [-0.1, -0.05) is 74.5 Å². The summed E-state index contributed by atoms with van der Waals surface area (Å²) in [6.07, 6.45) is 6.84. The summed E-state index contributed by atoms with van der Waals surface area (Å²) < 4.78 is 0. The zero-order valence-electron chi connectivity index (χ0n) is 48.7. The number of hydrogen-bond donors (Lipinski definition) is 12. The molecule has 3 aromatic carbocycles. The van der Waals surface area contributed by atoms with Crippen LogP contribution in [0.15, 0.2) is 70.3 Å². The van der Waals surface area contributed by atoms with Crippen LogP contribution in [0.2, 0.25) is 0 Å². The average Bonchev–Trinajstić information content (AvgIpc) is 2.91. The van der Waals surface area contributed by atoms with Gasteiger partial charge in [0.15, 0.2) is 0 Å². The first-order chi connectivity index (χ1) is 40.6. The Hall–Kier alpha value is -7.28. The van der Waals surface area contributed by atoms with Gasteiger partial charge in [-0.2, -0.15) is 0 Å². The van der Waals surface area contributed by atoms with E-state index in [-0.39, 0.29) is 61.6 Å². The summed E-state index contributed by atoms with van der Waals surface area (Å²) in [5.74, 6) is -4.60. The molecule has 7 rings (SSSR count). The number of amides is 8. The first-order valence-electron chi connectivity index (χ1n) is 30.0. The fourth-order valence-corrected chi connectivity index (χ4v) is 12.3. The van der Waals surface area contributed by atoms with E-state index in [1.165, 1.54) is 9.80 Å². The number of hydrogen-bond acceptors (Lipinski definition) is 16. The number of nitrogens with zero attached hydrogens (tertiary/aromatic N) is 2. The molecule has 12 unspecified atom stereocenters. The molecule has 24 heteroatoms. The van der Waals surface area contributed by atoms with Crippen molar-refractivity contribution in [3.63, 3.8) is 0 Å². The van der Waals surface area contributed by atoms with Crippen molar-refractivity contribution in [1.29, 1.82) is 0 Å². The van der Waals surface area contributed by atoms with Gasteiger partial charge in [0.2, 0.25) is 47.3 Å². The van der Waals surface area contributed by atoms with Crippen molar-refractivity contribution >= 4 is 58.6 Å². The third kappa shape index (κ3) is 15.3. The first kappa shape index (κ1) is 64.3. The van der Waals surface area contributed by atoms with E-state index >= 15 is 0 Å². The van der Waals surface area contributed by atoms with Crippen molar-refractivity contribution in [2.24, 2.45) is 11.8 Å². The van der Waals surface area contributed by atoms with Gasteiger partial charge in [0.1, 0.15) is 47.6 Å². The maximum Gasteiger partial charge on any atom is 0.253 e. The van der Waals surface area contributed by atoms with Crippen LogP contribution >= 0.6 is 0 Å². The summed E-state index contributed by atoms with van der Waals surface area (Å²) in [5.41, 5.74) is 0.0869. The summed E-state index contributed by atoms with van der Waals surface area (Å²) in [6, 6.07) is 9.86. The number of likely N-dealkylation sites (N-methyl/N-ethyl adjacent to an activating group) is 2. The molecule has 0 saturated carbocycles. The molecule has 4 saturated heterocycles. The van der Waals surface area contributed by atoms with Gasteiger partial charge in [-0.25, -0.2) is 0 Å². The molecule has 3 aromatic rings. The Labute approximate surface area is 490 Å². The van der Waals surface area contributed by atoms with E-state index in [9.17, 15) is 58.2 Å². The monoisotopic (exact) mass is 1170 g/mol. The minimum Gasteiger partial charge on any atom is -0.396 e. The van der Waals surface area contributed by atoms with E-state index in [1.807, 2.05) is 13.8 Å². The molecule has 12 atom stereocenters. The molecule has 4 aliphatic rings. The van der Waals surface area contributed by atoms with E-state index < -0.39 is 106 Å². The van der Waals surface area contributed by atoms with Gasteiger partial charge in [0, 0.05) is 63.3 Å². The molecule has 12 N–H and O–H groups in total. The molecule has 4 aliphatic heterocycles. The average molecular weight is 1170 g/mol. The SMILES string of the molecule is CCC(NC)C(=O)NC1C(=O)N2C(CCC1CO)CCC2C(=O)NC(C(=O)NCCCCNc1c(NCCCCNC(=O)C(NC(=O)C2CCC3CCC(CO)C(NC(=O)C(CC)NC)C(=O)N32)c2ccccc2)c(=O)c1=O)c1ccccc1. The summed E-state index contributed by atoms with van der Waals surface area (Å²) >= 11 is 0. The topological polar surface area (TPSA) is 338 Å². The third-order valence-corrected chi connectivity index (χ3v) is 17.2. The van der Waals surface area contributed by atoms with Crippen molar-refractivity contribution in [3.8, 4) is 0 Å². The first-order valence-corrected chi connectivity index (χ1v) is 30.0. The van der Waals surface area contributed by atoms with Crippen LogP contribution in [0.5, 0.6) is 0 Å². The Morgan fingerprint density at radius 1 is 0.500 bits per heavy atom. The number of carbonyl (C=O) groups is 8. The van der Waals surface area contributed by atoms with Crippen LogP contribution in [-0.4, -0.2) is 169 Å². The molecule has 4 heterocycles. The Morgan fingerprint density at radius 2 is 0.857 bits per heavy atom. The number of nitrogens with one attached hydrogen (secondary N) is 10. The second-order valence-electron chi connectivity index (χ2n) is 22.5. The standard InChI is InChI=1S/C60H86N12O12/c1-5-41(61-3)53(77)69-47-37(33-73)21-23-39-25-27-43(71(39)59(47)83)55(79)67-45(35-17-9-7-10-18-35)57(81)65-31-15-13-29-63-49-50(52(76)51(49)75)64-30-14-16-32-66-58(82)46(36-19-11-8-12-20-36)68-56(80)44-28-26-40-24-22-38(34-74)48(60(84)72(40)44)70-54(78)42(6-2)62-4/h7-12,17-20,37-48,61-64,73-74H,5-6,13-16,21-34H2,1-4H3,(H,65,81)(H,66,82)(H,67,79)(H,68,80)(H,69,77)(H,70,78). The van der Waals surface area contributed by atoms with Crippen LogP contribution in [0.25, 0.3) is 0 Å². The summed E-state index contributed by atoms with van der Waals surface area (Å²) in [7, 11) is 3.31. The summed E-state index contributed by atoms with van der Waals surface area (Å²) in [5, 5.41) is 49.8. The number of fused-ring (bicyclic) bond motifs is 2. The van der Waals surface area contributed by atoms with Gasteiger partial charge in [0.25, 0.3) is 10.9 Å². The van der Waals surface area contributed by atoms with Crippen LogP contribution in [-0.2, 0) is 38.4 Å². The number of benzene rings is 2. The molecule has 0 spiro atoms. The van der Waals surface area contributed by atoms with Gasteiger partial charge < -0.3 is 73.2 Å². The molecule has 0 radical (unpaired) electrons.